The lowest BCUT2D eigenvalue weighted by Gasteiger charge is -2.32. The lowest BCUT2D eigenvalue weighted by molar-refractivity contribution is -0.0527. The molecule has 0 spiro atoms. The molecule has 19 heavy (non-hydrogen) atoms. The summed E-state index contributed by atoms with van der Waals surface area (Å²) < 4.78 is 16.2. The van der Waals surface area contributed by atoms with Gasteiger partial charge in [-0.15, -0.1) is 0 Å². The molecule has 0 aliphatic heterocycles. The van der Waals surface area contributed by atoms with Gasteiger partial charge in [-0.1, -0.05) is 24.4 Å². The molecule has 2 rings (SSSR count). The molecule has 1 fully saturated rings. The highest BCUT2D eigenvalue weighted by atomic mass is 16.5. The Balaban J connectivity index is 2.10. The van der Waals surface area contributed by atoms with Crippen LogP contribution in [-0.2, 0) is 21.5 Å². The van der Waals surface area contributed by atoms with Gasteiger partial charge in [-0.2, -0.15) is 4.98 Å². The van der Waals surface area contributed by atoms with Crippen molar-refractivity contribution in [2.24, 2.45) is 5.73 Å². The molecule has 2 N–H and O–H groups in total. The maximum absolute atomic E-state index is 5.69. The Bertz CT molecular complexity index is 384. The fourth-order valence-electron chi connectivity index (χ4n) is 2.62. The number of methoxy groups -OCH3 is 2. The highest BCUT2D eigenvalue weighted by Crippen LogP contribution is 2.38. The zero-order valence-corrected chi connectivity index (χ0v) is 11.7. The molecule has 1 aliphatic rings. The zero-order valence-electron chi connectivity index (χ0n) is 11.7. The Kier molecular flexibility index (Phi) is 4.90. The van der Waals surface area contributed by atoms with Gasteiger partial charge >= 0.3 is 0 Å². The van der Waals surface area contributed by atoms with Gasteiger partial charge in [0.1, 0.15) is 5.60 Å². The summed E-state index contributed by atoms with van der Waals surface area (Å²) in [6.45, 7) is 0.434. The van der Waals surface area contributed by atoms with Gasteiger partial charge < -0.3 is 19.7 Å². The van der Waals surface area contributed by atoms with E-state index in [1.54, 1.807) is 14.2 Å². The Hall–Kier alpha value is -0.980. The highest BCUT2D eigenvalue weighted by molar-refractivity contribution is 5.03. The van der Waals surface area contributed by atoms with Crippen molar-refractivity contribution >= 4 is 0 Å². The lowest BCUT2D eigenvalue weighted by atomic mass is 9.84. The van der Waals surface area contributed by atoms with Crippen LogP contribution in [-0.4, -0.2) is 37.0 Å². The predicted molar refractivity (Wildman–Crippen MR) is 69.6 cm³/mol. The van der Waals surface area contributed by atoms with Gasteiger partial charge in [0.05, 0.1) is 12.5 Å². The molecule has 1 aromatic heterocycles. The topological polar surface area (TPSA) is 83.4 Å². The van der Waals surface area contributed by atoms with E-state index >= 15 is 0 Å². The van der Waals surface area contributed by atoms with Crippen molar-refractivity contribution in [3.05, 3.63) is 11.7 Å². The number of rotatable bonds is 6. The van der Waals surface area contributed by atoms with Gasteiger partial charge in [0.2, 0.25) is 11.7 Å². The van der Waals surface area contributed by atoms with Gasteiger partial charge in [-0.3, -0.25) is 0 Å². The van der Waals surface area contributed by atoms with Crippen LogP contribution < -0.4 is 5.73 Å². The quantitative estimate of drug-likeness (QED) is 0.840. The molecule has 1 atom stereocenters. The summed E-state index contributed by atoms with van der Waals surface area (Å²) >= 11 is 0. The Labute approximate surface area is 113 Å². The third kappa shape index (κ3) is 3.13. The minimum absolute atomic E-state index is 0.0850. The molecular weight excluding hydrogens is 246 g/mol. The van der Waals surface area contributed by atoms with E-state index in [4.69, 9.17) is 19.7 Å². The van der Waals surface area contributed by atoms with Gasteiger partial charge in [-0.05, 0) is 12.8 Å². The van der Waals surface area contributed by atoms with Crippen LogP contribution in [0, 0.1) is 0 Å². The van der Waals surface area contributed by atoms with Crippen LogP contribution in [0.5, 0.6) is 0 Å². The first-order valence-corrected chi connectivity index (χ1v) is 6.85. The number of ether oxygens (including phenoxy) is 2. The summed E-state index contributed by atoms with van der Waals surface area (Å²) in [5.74, 6) is 1.23. The smallest absolute Gasteiger partial charge is 0.229 e. The van der Waals surface area contributed by atoms with Gasteiger partial charge in [0.15, 0.2) is 0 Å². The molecule has 1 heterocycles. The molecule has 0 amide bonds. The first kappa shape index (κ1) is 14.4. The molecule has 108 valence electrons. The van der Waals surface area contributed by atoms with Gasteiger partial charge in [0.25, 0.3) is 0 Å². The average molecular weight is 269 g/mol. The second-order valence-corrected chi connectivity index (χ2v) is 5.07. The predicted octanol–water partition coefficient (Wildman–Crippen LogP) is 1.39. The van der Waals surface area contributed by atoms with Crippen LogP contribution >= 0.6 is 0 Å². The molecule has 1 aromatic rings. The number of nitrogens with zero attached hydrogens (tertiary/aromatic N) is 2. The van der Waals surface area contributed by atoms with Crippen molar-refractivity contribution in [3.63, 3.8) is 0 Å². The largest absolute Gasteiger partial charge is 0.380 e. The van der Waals surface area contributed by atoms with Crippen molar-refractivity contribution in [1.82, 2.24) is 10.1 Å². The minimum Gasteiger partial charge on any atom is -0.380 e. The van der Waals surface area contributed by atoms with Crippen LogP contribution in [0.3, 0.4) is 0 Å². The minimum atomic E-state index is -0.370. The Morgan fingerprint density at radius 3 is 2.63 bits per heavy atom. The number of nitrogens with two attached hydrogens (primary N) is 1. The van der Waals surface area contributed by atoms with E-state index < -0.39 is 0 Å². The number of aromatic nitrogens is 2. The van der Waals surface area contributed by atoms with Crippen LogP contribution in [0.25, 0.3) is 0 Å². The Morgan fingerprint density at radius 1 is 1.32 bits per heavy atom. The Morgan fingerprint density at radius 2 is 2.05 bits per heavy atom. The second kappa shape index (κ2) is 6.45. The molecule has 0 saturated heterocycles. The zero-order chi connectivity index (χ0) is 13.7. The fourth-order valence-corrected chi connectivity index (χ4v) is 2.62. The standard InChI is InChI=1S/C13H23N3O3/c1-17-10(9-14)8-11-15-12(16-19-11)13(18-2)6-4-3-5-7-13/h10H,3-9,14H2,1-2H3. The maximum atomic E-state index is 5.69. The number of hydrogen-bond acceptors (Lipinski definition) is 6. The SMILES string of the molecule is COC(CN)Cc1nc(C2(OC)CCCCC2)no1. The van der Waals surface area contributed by atoms with Gasteiger partial charge in [-0.25, -0.2) is 0 Å². The fraction of sp³-hybridized carbons (Fsp3) is 0.846. The van der Waals surface area contributed by atoms with E-state index in [2.05, 4.69) is 10.1 Å². The molecule has 0 aromatic carbocycles. The van der Waals surface area contributed by atoms with Crippen molar-refractivity contribution < 1.29 is 14.0 Å². The summed E-state index contributed by atoms with van der Waals surface area (Å²) in [5, 5.41) is 4.10. The van der Waals surface area contributed by atoms with Crippen molar-refractivity contribution in [3.8, 4) is 0 Å². The monoisotopic (exact) mass is 269 g/mol. The van der Waals surface area contributed by atoms with E-state index in [0.717, 1.165) is 25.7 Å². The molecule has 6 heteroatoms. The van der Waals surface area contributed by atoms with Crippen LogP contribution in [0.4, 0.5) is 0 Å². The maximum Gasteiger partial charge on any atom is 0.229 e. The first-order chi connectivity index (χ1) is 9.24. The average Bonchev–Trinajstić information content (AvgIpc) is 2.94. The van der Waals surface area contributed by atoms with E-state index in [0.29, 0.717) is 24.7 Å². The summed E-state index contributed by atoms with van der Waals surface area (Å²) in [5.41, 5.74) is 5.22. The normalized spacial score (nSPS) is 20.4. The highest BCUT2D eigenvalue weighted by Gasteiger charge is 2.38. The second-order valence-electron chi connectivity index (χ2n) is 5.07. The third-order valence-electron chi connectivity index (χ3n) is 3.93. The van der Waals surface area contributed by atoms with E-state index in [9.17, 15) is 0 Å². The molecule has 6 nitrogen and oxygen atoms in total. The summed E-state index contributed by atoms with van der Waals surface area (Å²) in [7, 11) is 3.35. The molecule has 0 radical (unpaired) electrons. The third-order valence-corrected chi connectivity index (χ3v) is 3.93. The van der Waals surface area contributed by atoms with Crippen molar-refractivity contribution in [2.45, 2.75) is 50.2 Å². The van der Waals surface area contributed by atoms with Crippen LogP contribution in [0.2, 0.25) is 0 Å². The molecular formula is C13H23N3O3. The molecule has 1 saturated carbocycles. The summed E-state index contributed by atoms with van der Waals surface area (Å²) in [6.07, 6.45) is 5.88. The van der Waals surface area contributed by atoms with Crippen LogP contribution in [0.15, 0.2) is 4.52 Å². The first-order valence-electron chi connectivity index (χ1n) is 6.85. The summed E-state index contributed by atoms with van der Waals surface area (Å²) in [6, 6.07) is 0. The van der Waals surface area contributed by atoms with E-state index in [-0.39, 0.29) is 11.7 Å². The molecule has 0 bridgehead atoms. The van der Waals surface area contributed by atoms with Gasteiger partial charge in [0, 0.05) is 20.8 Å². The van der Waals surface area contributed by atoms with E-state index in [1.165, 1.54) is 6.42 Å². The summed E-state index contributed by atoms with van der Waals surface area (Å²) in [4.78, 5) is 4.47. The lowest BCUT2D eigenvalue weighted by Crippen LogP contribution is -2.32. The molecule has 1 aliphatic carbocycles. The van der Waals surface area contributed by atoms with E-state index in [1.807, 2.05) is 0 Å². The van der Waals surface area contributed by atoms with Crippen molar-refractivity contribution in [1.29, 1.82) is 0 Å². The number of hydrogen-bond donors (Lipinski definition) is 1. The molecule has 1 unspecified atom stereocenters. The van der Waals surface area contributed by atoms with Crippen LogP contribution in [0.1, 0.15) is 43.8 Å². The van der Waals surface area contributed by atoms with Crippen molar-refractivity contribution in [2.75, 3.05) is 20.8 Å².